The first-order valence-corrected chi connectivity index (χ1v) is 15.8. The highest BCUT2D eigenvalue weighted by molar-refractivity contribution is 7.89. The molecule has 13 heteroatoms. The van der Waals surface area contributed by atoms with E-state index in [0.29, 0.717) is 39.3 Å². The number of aromatic nitrogens is 3. The third-order valence-electron chi connectivity index (χ3n) is 7.26. The summed E-state index contributed by atoms with van der Waals surface area (Å²) in [7, 11) is -1.06. The van der Waals surface area contributed by atoms with Gasteiger partial charge in [0.05, 0.1) is 42.7 Å². The fraction of sp³-hybridized carbons (Fsp3) is 0.355. The zero-order valence-electron chi connectivity index (χ0n) is 25.0. The lowest BCUT2D eigenvalue weighted by molar-refractivity contribution is 0.0696. The zero-order valence-corrected chi connectivity index (χ0v) is 25.8. The van der Waals surface area contributed by atoms with Crippen LogP contribution in [0.4, 0.5) is 11.4 Å². The Morgan fingerprint density at radius 1 is 1.00 bits per heavy atom. The van der Waals surface area contributed by atoms with Crippen LogP contribution in [-0.2, 0) is 10.0 Å². The lowest BCUT2D eigenvalue weighted by Gasteiger charge is -2.24. The van der Waals surface area contributed by atoms with E-state index in [-0.39, 0.29) is 34.3 Å². The van der Waals surface area contributed by atoms with Gasteiger partial charge in [-0.1, -0.05) is 31.4 Å². The van der Waals surface area contributed by atoms with Gasteiger partial charge in [0.25, 0.3) is 0 Å². The Morgan fingerprint density at radius 3 is 2.45 bits per heavy atom. The Labute approximate surface area is 255 Å². The fourth-order valence-electron chi connectivity index (χ4n) is 5.26. The van der Waals surface area contributed by atoms with Gasteiger partial charge in [-0.2, -0.15) is 4.98 Å². The van der Waals surface area contributed by atoms with Gasteiger partial charge in [-0.3, -0.25) is 4.98 Å². The Morgan fingerprint density at radius 2 is 1.77 bits per heavy atom. The predicted molar refractivity (Wildman–Crippen MR) is 166 cm³/mol. The van der Waals surface area contributed by atoms with Crippen molar-refractivity contribution in [2.45, 2.75) is 63.0 Å². The number of carboxylic acids is 1. The standard InChI is InChI=1S/C31H35N5O7S/c1-18(2)43-23-13-20(30(37)38)12-22(15-23)34-28-24-11-10-19(25-16-33-31(42-4)35-29(25)41-3)14-26(24)32-17-27(28)44(39,40)36-21-8-6-5-7-9-21/h10-18,21,36H,5-9H2,1-4H3,(H,32,34)(H,37,38). The van der Waals surface area contributed by atoms with Crippen molar-refractivity contribution in [1.82, 2.24) is 19.7 Å². The van der Waals surface area contributed by atoms with Crippen LogP contribution in [-0.4, -0.2) is 60.8 Å². The van der Waals surface area contributed by atoms with Crippen molar-refractivity contribution in [3.05, 3.63) is 54.4 Å². The minimum Gasteiger partial charge on any atom is -0.491 e. The molecule has 1 aliphatic rings. The number of nitrogens with zero attached hydrogens (tertiary/aromatic N) is 3. The second-order valence-corrected chi connectivity index (χ2v) is 12.5. The summed E-state index contributed by atoms with van der Waals surface area (Å²) in [5, 5.41) is 13.5. The molecule has 2 aromatic heterocycles. The topological polar surface area (TPSA) is 162 Å². The number of nitrogens with one attached hydrogen (secondary N) is 2. The van der Waals surface area contributed by atoms with Crippen molar-refractivity contribution in [3.63, 3.8) is 0 Å². The SMILES string of the molecule is COc1ncc(-c2ccc3c(Nc4cc(OC(C)C)cc(C(=O)O)c4)c(S(=O)(=O)NC4CCCCC4)cnc3c2)c(OC)n1. The summed E-state index contributed by atoms with van der Waals surface area (Å²) >= 11 is 0. The molecule has 2 heterocycles. The lowest BCUT2D eigenvalue weighted by atomic mass is 9.96. The fourth-order valence-corrected chi connectivity index (χ4v) is 6.68. The van der Waals surface area contributed by atoms with E-state index < -0.39 is 16.0 Å². The Kier molecular flexibility index (Phi) is 9.16. The second kappa shape index (κ2) is 13.0. The van der Waals surface area contributed by atoms with Gasteiger partial charge in [0.15, 0.2) is 0 Å². The predicted octanol–water partition coefficient (Wildman–Crippen LogP) is 5.55. The number of aromatic carboxylic acids is 1. The van der Waals surface area contributed by atoms with E-state index in [4.69, 9.17) is 14.2 Å². The van der Waals surface area contributed by atoms with Gasteiger partial charge < -0.3 is 24.6 Å². The van der Waals surface area contributed by atoms with E-state index in [1.54, 1.807) is 30.5 Å². The van der Waals surface area contributed by atoms with E-state index in [1.807, 2.05) is 13.8 Å². The summed E-state index contributed by atoms with van der Waals surface area (Å²) in [6, 6.07) is 9.78. The molecule has 0 atom stereocenters. The zero-order chi connectivity index (χ0) is 31.4. The number of hydrogen-bond donors (Lipinski definition) is 3. The number of benzene rings is 2. The molecule has 5 rings (SSSR count). The maximum absolute atomic E-state index is 13.8. The van der Waals surface area contributed by atoms with Crippen LogP contribution in [0.5, 0.6) is 17.6 Å². The average molecular weight is 622 g/mol. The van der Waals surface area contributed by atoms with Crippen LogP contribution in [0, 0.1) is 0 Å². The molecule has 0 unspecified atom stereocenters. The normalized spacial score (nSPS) is 14.0. The smallest absolute Gasteiger partial charge is 0.335 e. The van der Waals surface area contributed by atoms with Gasteiger partial charge in [-0.15, -0.1) is 0 Å². The highest BCUT2D eigenvalue weighted by atomic mass is 32.2. The molecule has 4 aromatic rings. The van der Waals surface area contributed by atoms with Gasteiger partial charge >= 0.3 is 12.0 Å². The van der Waals surface area contributed by atoms with E-state index in [9.17, 15) is 18.3 Å². The van der Waals surface area contributed by atoms with Gasteiger partial charge in [-0.05, 0) is 50.5 Å². The summed E-state index contributed by atoms with van der Waals surface area (Å²) in [6.45, 7) is 3.66. The molecule has 232 valence electrons. The summed E-state index contributed by atoms with van der Waals surface area (Å²) in [5.41, 5.74) is 2.34. The molecular formula is C31H35N5O7S. The minimum absolute atomic E-state index is 0.0114. The molecule has 0 aliphatic heterocycles. The first kappa shape index (κ1) is 31.0. The highest BCUT2D eigenvalue weighted by Crippen LogP contribution is 2.37. The van der Waals surface area contributed by atoms with Crippen LogP contribution in [0.1, 0.15) is 56.3 Å². The van der Waals surface area contributed by atoms with Crippen molar-refractivity contribution in [2.75, 3.05) is 19.5 Å². The number of fused-ring (bicyclic) bond motifs is 1. The van der Waals surface area contributed by atoms with E-state index in [1.165, 1.54) is 32.5 Å². The number of carboxylic acid groups (broad SMARTS) is 1. The largest absolute Gasteiger partial charge is 0.491 e. The van der Waals surface area contributed by atoms with E-state index in [0.717, 1.165) is 32.1 Å². The molecule has 1 aliphatic carbocycles. The summed E-state index contributed by atoms with van der Waals surface area (Å²) in [6.07, 6.45) is 7.19. The Bertz CT molecular complexity index is 1790. The molecule has 3 N–H and O–H groups in total. The molecule has 0 saturated heterocycles. The van der Waals surface area contributed by atoms with Crippen molar-refractivity contribution < 1.29 is 32.5 Å². The van der Waals surface area contributed by atoms with Crippen molar-refractivity contribution in [2.24, 2.45) is 0 Å². The highest BCUT2D eigenvalue weighted by Gasteiger charge is 2.27. The molecule has 12 nitrogen and oxygen atoms in total. The van der Waals surface area contributed by atoms with E-state index in [2.05, 4.69) is 25.0 Å². The minimum atomic E-state index is -4.01. The molecule has 1 saturated carbocycles. The molecule has 0 bridgehead atoms. The number of ether oxygens (including phenoxy) is 3. The van der Waals surface area contributed by atoms with Crippen molar-refractivity contribution in [3.8, 4) is 28.8 Å². The third kappa shape index (κ3) is 6.84. The number of pyridine rings is 1. The number of carbonyl (C=O) groups is 1. The third-order valence-corrected chi connectivity index (χ3v) is 8.80. The lowest BCUT2D eigenvalue weighted by Crippen LogP contribution is -2.36. The molecule has 0 spiro atoms. The summed E-state index contributed by atoms with van der Waals surface area (Å²) in [4.78, 5) is 24.9. The molecular weight excluding hydrogens is 586 g/mol. The van der Waals surface area contributed by atoms with Gasteiger partial charge in [0.1, 0.15) is 10.6 Å². The quantitative estimate of drug-likeness (QED) is 0.193. The first-order chi connectivity index (χ1) is 21.1. The maximum Gasteiger partial charge on any atom is 0.335 e. The van der Waals surface area contributed by atoms with Crippen molar-refractivity contribution in [1.29, 1.82) is 0 Å². The van der Waals surface area contributed by atoms with Gasteiger partial charge in [0, 0.05) is 35.6 Å². The molecule has 44 heavy (non-hydrogen) atoms. The average Bonchev–Trinajstić information content (AvgIpc) is 3.00. The molecule has 2 aromatic carbocycles. The van der Waals surface area contributed by atoms with Crippen molar-refractivity contribution >= 4 is 38.3 Å². The first-order valence-electron chi connectivity index (χ1n) is 14.3. The monoisotopic (exact) mass is 621 g/mol. The van der Waals surface area contributed by atoms with E-state index >= 15 is 0 Å². The Hall–Kier alpha value is -4.49. The van der Waals surface area contributed by atoms with Crippen LogP contribution >= 0.6 is 0 Å². The Balaban J connectivity index is 1.65. The second-order valence-electron chi connectivity index (χ2n) is 10.8. The number of sulfonamides is 1. The summed E-state index contributed by atoms with van der Waals surface area (Å²) in [5.74, 6) is -0.512. The van der Waals surface area contributed by atoms with Crippen LogP contribution in [0.25, 0.3) is 22.0 Å². The van der Waals surface area contributed by atoms with Gasteiger partial charge in [-0.25, -0.2) is 22.9 Å². The van der Waals surface area contributed by atoms with Crippen LogP contribution in [0.3, 0.4) is 0 Å². The van der Waals surface area contributed by atoms with Crippen LogP contribution < -0.4 is 24.2 Å². The number of hydrogen-bond acceptors (Lipinski definition) is 10. The maximum atomic E-state index is 13.8. The number of methoxy groups -OCH3 is 2. The molecule has 1 fully saturated rings. The van der Waals surface area contributed by atoms with Gasteiger partial charge in [0.2, 0.25) is 15.9 Å². The molecule has 0 amide bonds. The van der Waals surface area contributed by atoms with Crippen LogP contribution in [0.2, 0.25) is 0 Å². The molecule has 0 radical (unpaired) electrons. The van der Waals surface area contributed by atoms with Crippen LogP contribution in [0.15, 0.2) is 53.7 Å². The number of anilines is 2. The summed E-state index contributed by atoms with van der Waals surface area (Å²) < 4.78 is 46.9. The number of rotatable bonds is 11.